The van der Waals surface area contributed by atoms with Crippen molar-refractivity contribution in [2.45, 2.75) is 33.3 Å². The molecule has 2 nitrogen and oxygen atoms in total. The highest BCUT2D eigenvalue weighted by Crippen LogP contribution is 2.22. The average molecular weight is 222 g/mol. The molecule has 0 aliphatic carbocycles. The van der Waals surface area contributed by atoms with Gasteiger partial charge in [0.15, 0.2) is 0 Å². The van der Waals surface area contributed by atoms with E-state index in [1.807, 2.05) is 52.0 Å². The van der Waals surface area contributed by atoms with E-state index in [1.165, 1.54) is 0 Å². The third-order valence-electron chi connectivity index (χ3n) is 1.54. The lowest BCUT2D eigenvalue weighted by molar-refractivity contribution is 0.130. The molecule has 0 aromatic heterocycles. The predicted molar refractivity (Wildman–Crippen MR) is 69.2 cm³/mol. The number of hydrogen-bond acceptors (Lipinski definition) is 2. The van der Waals surface area contributed by atoms with Gasteiger partial charge in [0.1, 0.15) is 17.1 Å². The zero-order chi connectivity index (χ0) is 12.6. The number of ether oxygens (including phenoxy) is 2. The molecule has 1 aromatic rings. The molecule has 0 fully saturated rings. The summed E-state index contributed by atoms with van der Waals surface area (Å²) in [4.78, 5) is 0. The minimum Gasteiger partial charge on any atom is -0.494 e. The van der Waals surface area contributed by atoms with Gasteiger partial charge >= 0.3 is 0 Å². The first-order valence-electron chi connectivity index (χ1n) is 5.43. The fourth-order valence-electron chi connectivity index (χ4n) is 1.15. The summed E-state index contributed by atoms with van der Waals surface area (Å²) in [6.07, 6.45) is 0. The molecule has 0 atom stereocenters. The third kappa shape index (κ3) is 6.12. The molecular formula is C14H22O2. The Balaban J connectivity index is 0.00000106. The number of rotatable bonds is 3. The molecule has 0 spiro atoms. The van der Waals surface area contributed by atoms with Gasteiger partial charge in [-0.3, -0.25) is 0 Å². The Hall–Kier alpha value is -1.44. The molecule has 2 heteroatoms. The molecule has 90 valence electrons. The third-order valence-corrected chi connectivity index (χ3v) is 1.54. The molecule has 0 saturated heterocycles. The van der Waals surface area contributed by atoms with Gasteiger partial charge in [-0.05, 0) is 39.8 Å². The molecule has 0 radical (unpaired) electrons. The van der Waals surface area contributed by atoms with Crippen molar-refractivity contribution in [3.8, 4) is 11.5 Å². The van der Waals surface area contributed by atoms with Gasteiger partial charge in [0.05, 0.1) is 6.61 Å². The van der Waals surface area contributed by atoms with Crippen molar-refractivity contribution >= 4 is 0 Å². The van der Waals surface area contributed by atoms with E-state index in [0.717, 1.165) is 11.5 Å². The Morgan fingerprint density at radius 1 is 1.12 bits per heavy atom. The summed E-state index contributed by atoms with van der Waals surface area (Å²) in [5, 5.41) is 0. The minimum atomic E-state index is -0.162. The van der Waals surface area contributed by atoms with Crippen molar-refractivity contribution in [2.75, 3.05) is 6.61 Å². The van der Waals surface area contributed by atoms with Crippen molar-refractivity contribution in [1.82, 2.24) is 0 Å². The van der Waals surface area contributed by atoms with Crippen LogP contribution in [0.15, 0.2) is 37.4 Å². The molecule has 0 unspecified atom stereocenters. The van der Waals surface area contributed by atoms with Crippen LogP contribution in [0.4, 0.5) is 0 Å². The van der Waals surface area contributed by atoms with Crippen LogP contribution in [0.5, 0.6) is 11.5 Å². The van der Waals surface area contributed by atoms with E-state index in [-0.39, 0.29) is 5.60 Å². The normalized spacial score (nSPS) is 10.0. The van der Waals surface area contributed by atoms with Gasteiger partial charge in [0.25, 0.3) is 0 Å². The van der Waals surface area contributed by atoms with Crippen LogP contribution in [-0.2, 0) is 0 Å². The van der Waals surface area contributed by atoms with Crippen molar-refractivity contribution in [1.29, 1.82) is 0 Å². The molecule has 16 heavy (non-hydrogen) atoms. The van der Waals surface area contributed by atoms with Gasteiger partial charge in [-0.15, -0.1) is 13.2 Å². The van der Waals surface area contributed by atoms with E-state index >= 15 is 0 Å². The molecule has 0 aliphatic rings. The molecule has 0 saturated carbocycles. The number of benzene rings is 1. The zero-order valence-electron chi connectivity index (χ0n) is 10.7. The fraction of sp³-hybridized carbons (Fsp3) is 0.429. The van der Waals surface area contributed by atoms with Crippen LogP contribution in [0.25, 0.3) is 0 Å². The Morgan fingerprint density at radius 2 is 1.69 bits per heavy atom. The SMILES string of the molecule is C=C.CCOc1cccc(OC(C)(C)C)c1. The van der Waals surface area contributed by atoms with Crippen LogP contribution in [0, 0.1) is 0 Å². The molecule has 1 aromatic carbocycles. The van der Waals surface area contributed by atoms with Crippen LogP contribution in [0.3, 0.4) is 0 Å². The summed E-state index contributed by atoms with van der Waals surface area (Å²) in [5.41, 5.74) is -0.162. The topological polar surface area (TPSA) is 18.5 Å². The highest BCUT2D eigenvalue weighted by molar-refractivity contribution is 5.33. The van der Waals surface area contributed by atoms with Crippen LogP contribution in [0.2, 0.25) is 0 Å². The molecule has 0 N–H and O–H groups in total. The summed E-state index contributed by atoms with van der Waals surface area (Å²) in [7, 11) is 0. The second-order valence-electron chi connectivity index (χ2n) is 4.12. The lowest BCUT2D eigenvalue weighted by atomic mass is 10.2. The van der Waals surface area contributed by atoms with Gasteiger partial charge in [-0.2, -0.15) is 0 Å². The van der Waals surface area contributed by atoms with Crippen molar-refractivity contribution in [3.63, 3.8) is 0 Å². The summed E-state index contributed by atoms with van der Waals surface area (Å²) < 4.78 is 11.1. The quantitative estimate of drug-likeness (QED) is 0.718. The lowest BCUT2D eigenvalue weighted by Gasteiger charge is -2.21. The van der Waals surface area contributed by atoms with E-state index in [0.29, 0.717) is 6.61 Å². The Labute approximate surface area is 98.9 Å². The predicted octanol–water partition coefficient (Wildman–Crippen LogP) is 4.06. The van der Waals surface area contributed by atoms with E-state index in [1.54, 1.807) is 0 Å². The minimum absolute atomic E-state index is 0.162. The highest BCUT2D eigenvalue weighted by atomic mass is 16.5. The van der Waals surface area contributed by atoms with Gasteiger partial charge < -0.3 is 9.47 Å². The van der Waals surface area contributed by atoms with Crippen molar-refractivity contribution in [3.05, 3.63) is 37.4 Å². The molecular weight excluding hydrogens is 200 g/mol. The Morgan fingerprint density at radius 3 is 2.19 bits per heavy atom. The van der Waals surface area contributed by atoms with Crippen LogP contribution in [0.1, 0.15) is 27.7 Å². The average Bonchev–Trinajstić information content (AvgIpc) is 2.19. The van der Waals surface area contributed by atoms with Gasteiger partial charge in [0, 0.05) is 6.07 Å². The first kappa shape index (κ1) is 14.6. The smallest absolute Gasteiger partial charge is 0.123 e. The van der Waals surface area contributed by atoms with Crippen LogP contribution < -0.4 is 9.47 Å². The summed E-state index contributed by atoms with van der Waals surface area (Å²) in [6, 6.07) is 7.72. The van der Waals surface area contributed by atoms with Gasteiger partial charge in [-0.1, -0.05) is 6.07 Å². The monoisotopic (exact) mass is 222 g/mol. The second-order valence-corrected chi connectivity index (χ2v) is 4.12. The van der Waals surface area contributed by atoms with E-state index in [2.05, 4.69) is 13.2 Å². The standard InChI is InChI=1S/C12H18O2.C2H4/c1-5-13-10-7-6-8-11(9-10)14-12(2,3)4;1-2/h6-9H,5H2,1-4H3;1-2H2. The first-order valence-corrected chi connectivity index (χ1v) is 5.43. The van der Waals surface area contributed by atoms with Crippen molar-refractivity contribution < 1.29 is 9.47 Å². The van der Waals surface area contributed by atoms with Crippen LogP contribution in [-0.4, -0.2) is 12.2 Å². The maximum absolute atomic E-state index is 5.71. The van der Waals surface area contributed by atoms with Crippen LogP contribution >= 0.6 is 0 Å². The zero-order valence-corrected chi connectivity index (χ0v) is 10.7. The summed E-state index contributed by atoms with van der Waals surface area (Å²) >= 11 is 0. The number of hydrogen-bond donors (Lipinski definition) is 0. The fourth-order valence-corrected chi connectivity index (χ4v) is 1.15. The lowest BCUT2D eigenvalue weighted by Crippen LogP contribution is -2.22. The largest absolute Gasteiger partial charge is 0.494 e. The van der Waals surface area contributed by atoms with Crippen molar-refractivity contribution in [2.24, 2.45) is 0 Å². The molecule has 0 aliphatic heterocycles. The van der Waals surface area contributed by atoms with E-state index in [9.17, 15) is 0 Å². The van der Waals surface area contributed by atoms with Gasteiger partial charge in [0.2, 0.25) is 0 Å². The van der Waals surface area contributed by atoms with Gasteiger partial charge in [-0.25, -0.2) is 0 Å². The second kappa shape index (κ2) is 6.94. The van der Waals surface area contributed by atoms with E-state index < -0.39 is 0 Å². The molecule has 0 heterocycles. The molecule has 0 amide bonds. The summed E-state index contributed by atoms with van der Waals surface area (Å²) in [5.74, 6) is 1.71. The molecule has 0 bridgehead atoms. The van der Waals surface area contributed by atoms with E-state index in [4.69, 9.17) is 9.47 Å². The molecule has 1 rings (SSSR count). The maximum atomic E-state index is 5.71. The summed E-state index contributed by atoms with van der Waals surface area (Å²) in [6.45, 7) is 14.7. The first-order chi connectivity index (χ1) is 7.51. The maximum Gasteiger partial charge on any atom is 0.123 e. The Kier molecular flexibility index (Phi) is 6.31. The highest BCUT2D eigenvalue weighted by Gasteiger charge is 2.11. The Bertz CT molecular complexity index is 300.